The number of rotatable bonds is 7. The maximum Gasteiger partial charge on any atom is 0.338 e. The molecule has 0 saturated heterocycles. The molecule has 3 rings (SSSR count). The van der Waals surface area contributed by atoms with Gasteiger partial charge < -0.3 is 14.8 Å². The second-order valence-electron chi connectivity index (χ2n) is 6.70. The molecule has 1 N–H and O–H groups in total. The van der Waals surface area contributed by atoms with Crippen LogP contribution in [0.3, 0.4) is 0 Å². The second kappa shape index (κ2) is 9.55. The number of esters is 1. The van der Waals surface area contributed by atoms with Gasteiger partial charge in [-0.1, -0.05) is 48.0 Å². The molecule has 0 bridgehead atoms. The van der Waals surface area contributed by atoms with E-state index in [9.17, 15) is 9.59 Å². The van der Waals surface area contributed by atoms with E-state index in [4.69, 9.17) is 9.47 Å². The van der Waals surface area contributed by atoms with E-state index in [1.807, 2.05) is 49.4 Å². The van der Waals surface area contributed by atoms with Gasteiger partial charge in [-0.3, -0.25) is 4.79 Å². The number of ether oxygens (including phenoxy) is 2. The molecule has 148 valence electrons. The summed E-state index contributed by atoms with van der Waals surface area (Å²) in [6, 6.07) is 23.9. The Labute approximate surface area is 170 Å². The summed E-state index contributed by atoms with van der Waals surface area (Å²) in [4.78, 5) is 24.4. The SMILES string of the molecule is Cc1ccc(C(=O)O[C@@H](C)C(=O)Nc2ccc(OCc3ccccc3)cc2)cc1. The number of carbonyl (C=O) groups excluding carboxylic acids is 2. The zero-order chi connectivity index (χ0) is 20.6. The zero-order valence-corrected chi connectivity index (χ0v) is 16.4. The van der Waals surface area contributed by atoms with Gasteiger partial charge in [0.15, 0.2) is 6.10 Å². The van der Waals surface area contributed by atoms with E-state index >= 15 is 0 Å². The van der Waals surface area contributed by atoms with Gasteiger partial charge in [-0.25, -0.2) is 4.79 Å². The zero-order valence-electron chi connectivity index (χ0n) is 16.4. The molecule has 1 amide bonds. The minimum Gasteiger partial charge on any atom is -0.489 e. The van der Waals surface area contributed by atoms with Crippen molar-refractivity contribution in [1.29, 1.82) is 0 Å². The van der Waals surface area contributed by atoms with Crippen LogP contribution < -0.4 is 10.1 Å². The molecule has 0 unspecified atom stereocenters. The predicted molar refractivity (Wildman–Crippen MR) is 112 cm³/mol. The van der Waals surface area contributed by atoms with Crippen LogP contribution in [0.25, 0.3) is 0 Å². The Morgan fingerprint density at radius 3 is 2.21 bits per heavy atom. The molecule has 5 nitrogen and oxygen atoms in total. The Morgan fingerprint density at radius 2 is 1.55 bits per heavy atom. The van der Waals surface area contributed by atoms with Crippen LogP contribution in [0, 0.1) is 6.92 Å². The van der Waals surface area contributed by atoms with Crippen molar-refractivity contribution < 1.29 is 19.1 Å². The predicted octanol–water partition coefficient (Wildman–Crippen LogP) is 4.76. The molecule has 29 heavy (non-hydrogen) atoms. The average Bonchev–Trinajstić information content (AvgIpc) is 2.74. The quantitative estimate of drug-likeness (QED) is 0.592. The van der Waals surface area contributed by atoms with Gasteiger partial charge in [0.1, 0.15) is 12.4 Å². The number of nitrogens with one attached hydrogen (secondary N) is 1. The summed E-state index contributed by atoms with van der Waals surface area (Å²) in [6.45, 7) is 3.94. The lowest BCUT2D eigenvalue weighted by atomic mass is 10.1. The molecule has 0 spiro atoms. The first kappa shape index (κ1) is 20.1. The Kier molecular flexibility index (Phi) is 6.63. The molecule has 3 aromatic rings. The maximum absolute atomic E-state index is 12.3. The lowest BCUT2D eigenvalue weighted by molar-refractivity contribution is -0.123. The van der Waals surface area contributed by atoms with E-state index in [1.165, 1.54) is 0 Å². The van der Waals surface area contributed by atoms with E-state index in [0.29, 0.717) is 23.6 Å². The highest BCUT2D eigenvalue weighted by molar-refractivity contribution is 5.97. The van der Waals surface area contributed by atoms with E-state index in [-0.39, 0.29) is 0 Å². The van der Waals surface area contributed by atoms with Gasteiger partial charge in [0.25, 0.3) is 5.91 Å². The smallest absolute Gasteiger partial charge is 0.338 e. The van der Waals surface area contributed by atoms with Crippen molar-refractivity contribution in [3.8, 4) is 5.75 Å². The number of benzene rings is 3. The molecular formula is C24H23NO4. The van der Waals surface area contributed by atoms with E-state index in [1.54, 1.807) is 43.3 Å². The molecule has 0 fully saturated rings. The number of amides is 1. The number of carbonyl (C=O) groups is 2. The molecule has 5 heteroatoms. The largest absolute Gasteiger partial charge is 0.489 e. The number of aryl methyl sites for hydroxylation is 1. The van der Waals surface area contributed by atoms with Crippen LogP contribution in [0.1, 0.15) is 28.4 Å². The van der Waals surface area contributed by atoms with Crippen LogP contribution in [0.4, 0.5) is 5.69 Å². The molecule has 0 aliphatic carbocycles. The first-order valence-electron chi connectivity index (χ1n) is 9.36. The Balaban J connectivity index is 1.50. The third kappa shape index (κ3) is 5.94. The number of hydrogen-bond donors (Lipinski definition) is 1. The van der Waals surface area contributed by atoms with E-state index in [0.717, 1.165) is 11.1 Å². The maximum atomic E-state index is 12.3. The fourth-order valence-electron chi connectivity index (χ4n) is 2.59. The Bertz CT molecular complexity index is 950. The van der Waals surface area contributed by atoms with Crippen LogP contribution in [0.5, 0.6) is 5.75 Å². The topological polar surface area (TPSA) is 64.6 Å². The summed E-state index contributed by atoms with van der Waals surface area (Å²) in [5, 5.41) is 2.74. The van der Waals surface area contributed by atoms with Gasteiger partial charge in [0.05, 0.1) is 5.56 Å². The van der Waals surface area contributed by atoms with Crippen LogP contribution >= 0.6 is 0 Å². The van der Waals surface area contributed by atoms with Crippen molar-refractivity contribution in [3.63, 3.8) is 0 Å². The van der Waals surface area contributed by atoms with Crippen LogP contribution in [0.2, 0.25) is 0 Å². The van der Waals surface area contributed by atoms with Gasteiger partial charge in [0, 0.05) is 5.69 Å². The van der Waals surface area contributed by atoms with Gasteiger partial charge >= 0.3 is 5.97 Å². The molecular weight excluding hydrogens is 366 g/mol. The Hall–Kier alpha value is -3.60. The Morgan fingerprint density at radius 1 is 0.897 bits per heavy atom. The molecule has 0 radical (unpaired) electrons. The summed E-state index contributed by atoms with van der Waals surface area (Å²) in [7, 11) is 0. The van der Waals surface area contributed by atoms with Crippen molar-refractivity contribution in [2.24, 2.45) is 0 Å². The standard InChI is InChI=1S/C24H23NO4/c1-17-8-10-20(11-9-17)24(27)29-18(2)23(26)25-21-12-14-22(15-13-21)28-16-19-6-4-3-5-7-19/h3-15,18H,16H2,1-2H3,(H,25,26)/t18-/m0/s1. The lowest BCUT2D eigenvalue weighted by Gasteiger charge is -2.14. The molecule has 0 aromatic heterocycles. The highest BCUT2D eigenvalue weighted by atomic mass is 16.5. The minimum atomic E-state index is -0.919. The summed E-state index contributed by atoms with van der Waals surface area (Å²) in [5.74, 6) is -0.230. The highest BCUT2D eigenvalue weighted by Crippen LogP contribution is 2.18. The number of hydrogen-bond acceptors (Lipinski definition) is 4. The van der Waals surface area contributed by atoms with E-state index < -0.39 is 18.0 Å². The molecule has 0 aliphatic heterocycles. The third-order valence-corrected chi connectivity index (χ3v) is 4.31. The summed E-state index contributed by atoms with van der Waals surface area (Å²) < 4.78 is 11.0. The normalized spacial score (nSPS) is 11.4. The van der Waals surface area contributed by atoms with Gasteiger partial charge in [-0.2, -0.15) is 0 Å². The third-order valence-electron chi connectivity index (χ3n) is 4.31. The van der Waals surface area contributed by atoms with Crippen molar-refractivity contribution in [3.05, 3.63) is 95.6 Å². The molecule has 0 aliphatic rings. The first-order chi connectivity index (χ1) is 14.0. The van der Waals surface area contributed by atoms with E-state index in [2.05, 4.69) is 5.32 Å². The fraction of sp³-hybridized carbons (Fsp3) is 0.167. The van der Waals surface area contributed by atoms with Gasteiger partial charge in [-0.05, 0) is 55.8 Å². The number of anilines is 1. The molecule has 0 saturated carbocycles. The average molecular weight is 389 g/mol. The van der Waals surface area contributed by atoms with Crippen LogP contribution in [0.15, 0.2) is 78.9 Å². The van der Waals surface area contributed by atoms with Gasteiger partial charge in [-0.15, -0.1) is 0 Å². The van der Waals surface area contributed by atoms with Crippen molar-refractivity contribution in [2.75, 3.05) is 5.32 Å². The monoisotopic (exact) mass is 389 g/mol. The van der Waals surface area contributed by atoms with Crippen molar-refractivity contribution in [2.45, 2.75) is 26.6 Å². The minimum absolute atomic E-state index is 0.400. The van der Waals surface area contributed by atoms with Crippen molar-refractivity contribution in [1.82, 2.24) is 0 Å². The summed E-state index contributed by atoms with van der Waals surface area (Å²) >= 11 is 0. The fourth-order valence-corrected chi connectivity index (χ4v) is 2.59. The highest BCUT2D eigenvalue weighted by Gasteiger charge is 2.19. The molecule has 0 heterocycles. The molecule has 1 atom stereocenters. The van der Waals surface area contributed by atoms with Crippen LogP contribution in [-0.4, -0.2) is 18.0 Å². The van der Waals surface area contributed by atoms with Crippen molar-refractivity contribution >= 4 is 17.6 Å². The summed E-state index contributed by atoms with van der Waals surface area (Å²) in [5.41, 5.74) is 3.13. The van der Waals surface area contributed by atoms with Gasteiger partial charge in [0.2, 0.25) is 0 Å². The van der Waals surface area contributed by atoms with Crippen LogP contribution in [-0.2, 0) is 16.1 Å². The lowest BCUT2D eigenvalue weighted by Crippen LogP contribution is -2.30. The first-order valence-corrected chi connectivity index (χ1v) is 9.36. The summed E-state index contributed by atoms with van der Waals surface area (Å²) in [6.07, 6.45) is -0.919. The second-order valence-corrected chi connectivity index (χ2v) is 6.70. The molecule has 3 aromatic carbocycles.